The molecule has 2 aliphatic heterocycles. The van der Waals surface area contributed by atoms with Crippen LogP contribution in [0.5, 0.6) is 0 Å². The Kier molecular flexibility index (Phi) is 1.83. The Hall–Kier alpha value is -1.03. The number of amides is 1. The second kappa shape index (κ2) is 2.98. The summed E-state index contributed by atoms with van der Waals surface area (Å²) in [5, 5.41) is 10.1. The third-order valence-corrected chi connectivity index (χ3v) is 3.91. The first kappa shape index (κ1) is 9.21. The highest BCUT2D eigenvalue weighted by molar-refractivity contribution is 5.72. The van der Waals surface area contributed by atoms with Gasteiger partial charge in [-0.3, -0.25) is 0 Å². The first-order valence-electron chi connectivity index (χ1n) is 5.55. The van der Waals surface area contributed by atoms with Crippen LogP contribution < -0.4 is 0 Å². The van der Waals surface area contributed by atoms with Crippen LogP contribution >= 0.6 is 0 Å². The minimum atomic E-state index is -0.586. The highest BCUT2D eigenvalue weighted by Crippen LogP contribution is 2.45. The zero-order valence-electron chi connectivity index (χ0n) is 8.72. The van der Waals surface area contributed by atoms with Gasteiger partial charge < -0.3 is 14.7 Å². The van der Waals surface area contributed by atoms with Crippen LogP contribution in [-0.2, 0) is 4.74 Å². The van der Waals surface area contributed by atoms with E-state index in [0.29, 0.717) is 5.92 Å². The molecule has 2 heterocycles. The first-order chi connectivity index (χ1) is 7.24. The average molecular weight is 209 g/mol. The number of carbonyl (C=O) groups is 1. The molecule has 0 spiro atoms. The normalized spacial score (nSPS) is 45.9. The van der Waals surface area contributed by atoms with Crippen LogP contribution in [0.2, 0.25) is 0 Å². The standard InChI is InChI=1S/C11H15NO3/c1-2-6-7-4-3-5-12-8(7)10(9(6)13)15-11(12)14/h2,7-10,13H,3-5H2,1H3/b6-2-/t7-,8-,9+,10-/m0/s1. The molecule has 3 aliphatic rings. The summed E-state index contributed by atoms with van der Waals surface area (Å²) < 4.78 is 5.24. The summed E-state index contributed by atoms with van der Waals surface area (Å²) in [6.07, 6.45) is 2.89. The number of aliphatic hydroxyl groups excluding tert-OH is 1. The molecule has 4 heteroatoms. The molecule has 1 aliphatic carbocycles. The molecule has 4 atom stereocenters. The average Bonchev–Trinajstić information content (AvgIpc) is 2.70. The SMILES string of the molecule is C/C=C1\[C@@H](O)[C@H]2OC(=O)N3CCC[C@@H]1[C@@H]23. The van der Waals surface area contributed by atoms with E-state index >= 15 is 0 Å². The van der Waals surface area contributed by atoms with E-state index in [4.69, 9.17) is 4.74 Å². The molecule has 1 saturated carbocycles. The Morgan fingerprint density at radius 1 is 1.60 bits per heavy atom. The van der Waals surface area contributed by atoms with Crippen molar-refractivity contribution in [2.45, 2.75) is 38.0 Å². The Morgan fingerprint density at radius 3 is 3.13 bits per heavy atom. The van der Waals surface area contributed by atoms with Gasteiger partial charge in [0.1, 0.15) is 6.10 Å². The van der Waals surface area contributed by atoms with Gasteiger partial charge in [0.25, 0.3) is 0 Å². The lowest BCUT2D eigenvalue weighted by atomic mass is 9.89. The van der Waals surface area contributed by atoms with Gasteiger partial charge in [-0.2, -0.15) is 0 Å². The molecule has 1 N–H and O–H groups in total. The van der Waals surface area contributed by atoms with E-state index in [1.807, 2.05) is 13.0 Å². The van der Waals surface area contributed by atoms with Gasteiger partial charge in [0, 0.05) is 12.5 Å². The fourth-order valence-electron chi connectivity index (χ4n) is 3.30. The Bertz CT molecular complexity index is 339. The molecule has 0 radical (unpaired) electrons. The first-order valence-corrected chi connectivity index (χ1v) is 5.55. The van der Waals surface area contributed by atoms with Crippen LogP contribution in [0.4, 0.5) is 4.79 Å². The lowest BCUT2D eigenvalue weighted by Gasteiger charge is -2.31. The van der Waals surface area contributed by atoms with E-state index in [1.54, 1.807) is 4.90 Å². The number of aliphatic hydroxyl groups is 1. The van der Waals surface area contributed by atoms with Gasteiger partial charge in [0.05, 0.1) is 6.04 Å². The van der Waals surface area contributed by atoms with Crippen LogP contribution in [0.15, 0.2) is 11.6 Å². The smallest absolute Gasteiger partial charge is 0.410 e. The Morgan fingerprint density at radius 2 is 2.40 bits per heavy atom. The van der Waals surface area contributed by atoms with E-state index < -0.39 is 6.10 Å². The van der Waals surface area contributed by atoms with Crippen LogP contribution in [0, 0.1) is 5.92 Å². The zero-order chi connectivity index (χ0) is 10.6. The molecule has 1 amide bonds. The second-order valence-electron chi connectivity index (χ2n) is 4.51. The van der Waals surface area contributed by atoms with E-state index in [2.05, 4.69) is 0 Å². The lowest BCUT2D eigenvalue weighted by molar-refractivity contribution is 0.0574. The van der Waals surface area contributed by atoms with E-state index in [9.17, 15) is 9.90 Å². The Balaban J connectivity index is 2.01. The number of carbonyl (C=O) groups excluding carboxylic acids is 1. The number of piperidine rings is 1. The van der Waals surface area contributed by atoms with Gasteiger partial charge in [-0.15, -0.1) is 0 Å². The number of nitrogens with zero attached hydrogens (tertiary/aromatic N) is 1. The predicted octanol–water partition coefficient (Wildman–Crippen LogP) is 0.907. The fraction of sp³-hybridized carbons (Fsp3) is 0.727. The third-order valence-electron chi connectivity index (χ3n) is 3.91. The van der Waals surface area contributed by atoms with Gasteiger partial charge >= 0.3 is 6.09 Å². The minimum Gasteiger partial charge on any atom is -0.441 e. The summed E-state index contributed by atoms with van der Waals surface area (Å²) in [5.41, 5.74) is 1.06. The number of ether oxygens (including phenoxy) is 1. The van der Waals surface area contributed by atoms with Crippen LogP contribution in [0.3, 0.4) is 0 Å². The molecule has 82 valence electrons. The molecule has 15 heavy (non-hydrogen) atoms. The molecular weight excluding hydrogens is 194 g/mol. The Labute approximate surface area is 88.5 Å². The molecule has 0 aromatic heterocycles. The maximum absolute atomic E-state index is 11.5. The molecule has 0 bridgehead atoms. The minimum absolute atomic E-state index is 0.0902. The van der Waals surface area contributed by atoms with Gasteiger partial charge in [0.15, 0.2) is 6.10 Å². The van der Waals surface area contributed by atoms with Gasteiger partial charge in [0.2, 0.25) is 0 Å². The van der Waals surface area contributed by atoms with Crippen molar-refractivity contribution in [3.63, 3.8) is 0 Å². The zero-order valence-corrected chi connectivity index (χ0v) is 8.72. The van der Waals surface area contributed by atoms with Crippen molar-refractivity contribution in [3.05, 3.63) is 11.6 Å². The molecule has 3 rings (SSSR count). The lowest BCUT2D eigenvalue weighted by Crippen LogP contribution is -2.43. The van der Waals surface area contributed by atoms with Crippen molar-refractivity contribution in [1.29, 1.82) is 0 Å². The summed E-state index contributed by atoms with van der Waals surface area (Å²) >= 11 is 0. The van der Waals surface area contributed by atoms with Gasteiger partial charge in [-0.25, -0.2) is 4.79 Å². The predicted molar refractivity (Wildman–Crippen MR) is 53.3 cm³/mol. The van der Waals surface area contributed by atoms with Crippen molar-refractivity contribution in [1.82, 2.24) is 4.90 Å². The molecule has 0 aromatic rings. The summed E-state index contributed by atoms with van der Waals surface area (Å²) in [4.78, 5) is 13.3. The van der Waals surface area contributed by atoms with Gasteiger partial charge in [-0.1, -0.05) is 6.08 Å². The molecule has 4 nitrogen and oxygen atoms in total. The number of hydrogen-bond donors (Lipinski definition) is 1. The summed E-state index contributed by atoms with van der Waals surface area (Å²) in [5.74, 6) is 0.315. The third kappa shape index (κ3) is 1.03. The topological polar surface area (TPSA) is 49.8 Å². The van der Waals surface area contributed by atoms with Crippen molar-refractivity contribution in [3.8, 4) is 0 Å². The maximum atomic E-state index is 11.5. The maximum Gasteiger partial charge on any atom is 0.410 e. The van der Waals surface area contributed by atoms with E-state index in [1.165, 1.54) is 0 Å². The molecule has 2 saturated heterocycles. The quantitative estimate of drug-likeness (QED) is 0.603. The summed E-state index contributed by atoms with van der Waals surface area (Å²) in [6.45, 7) is 2.72. The van der Waals surface area contributed by atoms with Crippen molar-refractivity contribution in [2.24, 2.45) is 5.92 Å². The highest BCUT2D eigenvalue weighted by atomic mass is 16.6. The summed E-state index contributed by atoms with van der Waals surface area (Å²) in [7, 11) is 0. The molecule has 0 unspecified atom stereocenters. The monoisotopic (exact) mass is 209 g/mol. The van der Waals surface area contributed by atoms with E-state index in [0.717, 1.165) is 25.0 Å². The molecule has 0 aromatic carbocycles. The van der Waals surface area contributed by atoms with Crippen LogP contribution in [0.25, 0.3) is 0 Å². The highest BCUT2D eigenvalue weighted by Gasteiger charge is 2.57. The van der Waals surface area contributed by atoms with Crippen molar-refractivity contribution in [2.75, 3.05) is 6.54 Å². The second-order valence-corrected chi connectivity index (χ2v) is 4.51. The largest absolute Gasteiger partial charge is 0.441 e. The van der Waals surface area contributed by atoms with Crippen LogP contribution in [-0.4, -0.2) is 40.9 Å². The number of allylic oxidation sites excluding steroid dienone is 1. The molecular formula is C11H15NO3. The number of rotatable bonds is 0. The van der Waals surface area contributed by atoms with Crippen molar-refractivity contribution < 1.29 is 14.6 Å². The van der Waals surface area contributed by atoms with Crippen molar-refractivity contribution >= 4 is 6.09 Å². The molecule has 3 fully saturated rings. The fourth-order valence-corrected chi connectivity index (χ4v) is 3.30. The van der Waals surface area contributed by atoms with Crippen LogP contribution in [0.1, 0.15) is 19.8 Å². The van der Waals surface area contributed by atoms with Gasteiger partial charge in [-0.05, 0) is 25.3 Å². The number of hydrogen-bond acceptors (Lipinski definition) is 3. The van der Waals surface area contributed by atoms with E-state index in [-0.39, 0.29) is 18.2 Å². The summed E-state index contributed by atoms with van der Waals surface area (Å²) in [6, 6.07) is 0.0902.